The number of aldehydes is 1. The van der Waals surface area contributed by atoms with Gasteiger partial charge in [0.1, 0.15) is 24.7 Å². The average molecular weight is 492 g/mol. The molecule has 1 aromatic heterocycles. The van der Waals surface area contributed by atoms with E-state index in [1.165, 1.54) is 16.8 Å². The Balaban J connectivity index is 1.77. The van der Waals surface area contributed by atoms with Gasteiger partial charge < -0.3 is 23.5 Å². The fourth-order valence-corrected chi connectivity index (χ4v) is 3.83. The van der Waals surface area contributed by atoms with E-state index >= 15 is 4.39 Å². The fourth-order valence-electron chi connectivity index (χ4n) is 3.83. The average Bonchev–Trinajstić information content (AvgIpc) is 2.92. The summed E-state index contributed by atoms with van der Waals surface area (Å²) in [6.45, 7) is 2.31. The van der Waals surface area contributed by atoms with Crippen molar-refractivity contribution in [3.63, 3.8) is 0 Å². The van der Waals surface area contributed by atoms with Crippen LogP contribution in [0.3, 0.4) is 0 Å². The molecule has 186 valence electrons. The number of pyridine rings is 1. The summed E-state index contributed by atoms with van der Waals surface area (Å²) in [5, 5.41) is 0.0421. The summed E-state index contributed by atoms with van der Waals surface area (Å²) in [6.07, 6.45) is 1.82. The Bertz CT molecular complexity index is 1430. The molecule has 4 rings (SSSR count). The molecular weight excluding hydrogens is 465 g/mol. The van der Waals surface area contributed by atoms with Crippen LogP contribution in [0.5, 0.6) is 23.0 Å². The number of methoxy groups -OCH3 is 2. The van der Waals surface area contributed by atoms with E-state index in [9.17, 15) is 9.59 Å². The summed E-state index contributed by atoms with van der Waals surface area (Å²) >= 11 is 0. The number of fused-ring (bicyclic) bond motifs is 1. The Kier molecular flexibility index (Phi) is 7.53. The molecule has 8 heteroatoms. The third-order valence-electron chi connectivity index (χ3n) is 5.81. The molecule has 0 fully saturated rings. The van der Waals surface area contributed by atoms with Crippen LogP contribution in [-0.2, 0) is 19.8 Å². The number of aromatic nitrogens is 1. The Morgan fingerprint density at radius 1 is 0.889 bits per heavy atom. The van der Waals surface area contributed by atoms with Crippen molar-refractivity contribution in [1.82, 2.24) is 4.57 Å². The van der Waals surface area contributed by atoms with Crippen molar-refractivity contribution in [3.8, 4) is 23.0 Å². The van der Waals surface area contributed by atoms with Gasteiger partial charge in [-0.25, -0.2) is 4.39 Å². The minimum Gasteiger partial charge on any atom is -0.497 e. The lowest BCUT2D eigenvalue weighted by atomic mass is 10.1. The van der Waals surface area contributed by atoms with E-state index < -0.39 is 11.2 Å². The molecule has 0 N–H and O–H groups in total. The second kappa shape index (κ2) is 10.9. The van der Waals surface area contributed by atoms with Crippen LogP contribution in [-0.4, -0.2) is 25.1 Å². The Morgan fingerprint density at radius 2 is 1.44 bits per heavy atom. The van der Waals surface area contributed by atoms with E-state index in [0.717, 1.165) is 11.1 Å². The largest absolute Gasteiger partial charge is 0.497 e. The second-order valence-corrected chi connectivity index (χ2v) is 8.00. The first-order chi connectivity index (χ1) is 17.5. The van der Waals surface area contributed by atoms with Crippen LogP contribution >= 0.6 is 0 Å². The van der Waals surface area contributed by atoms with Gasteiger partial charge in [0.25, 0.3) is 0 Å². The molecule has 0 spiro atoms. The zero-order chi connectivity index (χ0) is 25.7. The third-order valence-corrected chi connectivity index (χ3v) is 5.81. The van der Waals surface area contributed by atoms with Crippen LogP contribution in [0.4, 0.5) is 4.39 Å². The Hall–Kier alpha value is -4.33. The van der Waals surface area contributed by atoms with Gasteiger partial charge in [0, 0.05) is 12.7 Å². The predicted octanol–water partition coefficient (Wildman–Crippen LogP) is 5.15. The molecule has 0 aliphatic carbocycles. The molecule has 0 aliphatic heterocycles. The zero-order valence-corrected chi connectivity index (χ0v) is 20.2. The first-order valence-corrected chi connectivity index (χ1v) is 11.3. The normalized spacial score (nSPS) is 10.8. The highest BCUT2D eigenvalue weighted by Crippen LogP contribution is 2.37. The summed E-state index contributed by atoms with van der Waals surface area (Å²) in [4.78, 5) is 24.4. The second-order valence-electron chi connectivity index (χ2n) is 8.00. The highest BCUT2D eigenvalue weighted by Gasteiger charge is 2.22. The summed E-state index contributed by atoms with van der Waals surface area (Å²) in [7, 11) is 3.15. The first-order valence-electron chi connectivity index (χ1n) is 11.3. The lowest BCUT2D eigenvalue weighted by molar-refractivity contribution is 0.112. The van der Waals surface area contributed by atoms with Crippen LogP contribution < -0.4 is 24.4 Å². The highest BCUT2D eigenvalue weighted by molar-refractivity contribution is 5.89. The molecule has 7 nitrogen and oxygen atoms in total. The van der Waals surface area contributed by atoms with Crippen molar-refractivity contribution in [2.24, 2.45) is 0 Å². The molecule has 3 aromatic carbocycles. The van der Waals surface area contributed by atoms with E-state index in [-0.39, 0.29) is 41.2 Å². The molecule has 36 heavy (non-hydrogen) atoms. The van der Waals surface area contributed by atoms with E-state index in [1.54, 1.807) is 45.4 Å². The number of hydrogen-bond acceptors (Lipinski definition) is 6. The number of nitrogens with zero attached hydrogens (tertiary/aromatic N) is 1. The lowest BCUT2D eigenvalue weighted by Crippen LogP contribution is -2.16. The number of aryl methyl sites for hydroxylation is 1. The van der Waals surface area contributed by atoms with Gasteiger partial charge >= 0.3 is 0 Å². The van der Waals surface area contributed by atoms with Crippen molar-refractivity contribution < 1.29 is 28.1 Å². The van der Waals surface area contributed by atoms with Gasteiger partial charge in [-0.1, -0.05) is 24.3 Å². The standard InChI is InChI=1S/C28H26FNO6/c1-4-30-14-20(15-31)27(32)23-13-24(35-16-18-5-9-21(33-2)10-6-18)28(25(29)26(23)30)36-17-19-7-11-22(34-3)12-8-19/h5-15H,4,16-17H2,1-3H3. The molecule has 0 radical (unpaired) electrons. The van der Waals surface area contributed by atoms with E-state index in [0.29, 0.717) is 24.3 Å². The van der Waals surface area contributed by atoms with Crippen molar-refractivity contribution in [3.05, 3.63) is 93.5 Å². The molecule has 0 atom stereocenters. The maximum absolute atomic E-state index is 15.9. The summed E-state index contributed by atoms with van der Waals surface area (Å²) in [5.41, 5.74) is 1.02. The van der Waals surface area contributed by atoms with Crippen LogP contribution in [0, 0.1) is 5.82 Å². The predicted molar refractivity (Wildman–Crippen MR) is 134 cm³/mol. The molecule has 0 unspecified atom stereocenters. The topological polar surface area (TPSA) is 76.0 Å². The molecule has 0 bridgehead atoms. The zero-order valence-electron chi connectivity index (χ0n) is 20.2. The molecular formula is C28H26FNO6. The third kappa shape index (κ3) is 5.02. The fraction of sp³-hybridized carbons (Fsp3) is 0.214. The van der Waals surface area contributed by atoms with E-state index in [2.05, 4.69) is 0 Å². The first kappa shape index (κ1) is 24.8. The van der Waals surface area contributed by atoms with Crippen molar-refractivity contribution in [2.45, 2.75) is 26.7 Å². The monoisotopic (exact) mass is 491 g/mol. The SMILES string of the molecule is CCn1cc(C=O)c(=O)c2cc(OCc3ccc(OC)cc3)c(OCc3ccc(OC)cc3)c(F)c21. The van der Waals surface area contributed by atoms with Crippen molar-refractivity contribution >= 4 is 17.2 Å². The molecule has 0 saturated carbocycles. The van der Waals surface area contributed by atoms with Gasteiger partial charge in [-0.05, 0) is 48.4 Å². The number of benzene rings is 3. The lowest BCUT2D eigenvalue weighted by Gasteiger charge is -2.18. The number of ether oxygens (including phenoxy) is 4. The molecule has 0 aliphatic rings. The summed E-state index contributed by atoms with van der Waals surface area (Å²) < 4.78 is 39.7. The summed E-state index contributed by atoms with van der Waals surface area (Å²) in [6, 6.07) is 15.9. The molecule has 1 heterocycles. The number of rotatable bonds is 10. The molecule has 4 aromatic rings. The maximum Gasteiger partial charge on any atom is 0.200 e. The van der Waals surface area contributed by atoms with Gasteiger partial charge in [0.05, 0.1) is 30.7 Å². The highest BCUT2D eigenvalue weighted by atomic mass is 19.1. The van der Waals surface area contributed by atoms with Crippen LogP contribution in [0.2, 0.25) is 0 Å². The number of carbonyl (C=O) groups excluding carboxylic acids is 1. The minimum absolute atomic E-state index is 0.0421. The van der Waals surface area contributed by atoms with Gasteiger partial charge in [0.2, 0.25) is 0 Å². The quantitative estimate of drug-likeness (QED) is 0.286. The van der Waals surface area contributed by atoms with E-state index in [1.807, 2.05) is 24.3 Å². The Morgan fingerprint density at radius 3 is 1.94 bits per heavy atom. The number of carbonyl (C=O) groups is 1. The van der Waals surface area contributed by atoms with E-state index in [4.69, 9.17) is 18.9 Å². The van der Waals surface area contributed by atoms with Crippen molar-refractivity contribution in [2.75, 3.05) is 14.2 Å². The van der Waals surface area contributed by atoms with Gasteiger partial charge in [-0.3, -0.25) is 9.59 Å². The van der Waals surface area contributed by atoms with Crippen LogP contribution in [0.15, 0.2) is 65.6 Å². The van der Waals surface area contributed by atoms with Crippen molar-refractivity contribution in [1.29, 1.82) is 0 Å². The smallest absolute Gasteiger partial charge is 0.200 e. The van der Waals surface area contributed by atoms with Gasteiger partial charge in [-0.2, -0.15) is 0 Å². The molecule has 0 amide bonds. The van der Waals surface area contributed by atoms with Gasteiger partial charge in [-0.15, -0.1) is 0 Å². The summed E-state index contributed by atoms with van der Waals surface area (Å²) in [5.74, 6) is 0.596. The molecule has 0 saturated heterocycles. The number of halogens is 1. The number of hydrogen-bond donors (Lipinski definition) is 0. The minimum atomic E-state index is -0.734. The Labute approximate surface area is 207 Å². The van der Waals surface area contributed by atoms with Gasteiger partial charge in [0.15, 0.2) is 29.0 Å². The van der Waals surface area contributed by atoms with Crippen LogP contribution in [0.1, 0.15) is 28.4 Å². The maximum atomic E-state index is 15.9. The van der Waals surface area contributed by atoms with Crippen LogP contribution in [0.25, 0.3) is 10.9 Å².